The Morgan fingerprint density at radius 2 is 1.26 bits per heavy atom. The third kappa shape index (κ3) is 7.63. The van der Waals surface area contributed by atoms with E-state index in [0.29, 0.717) is 11.0 Å². The third-order valence-electron chi connectivity index (χ3n) is 8.40. The van der Waals surface area contributed by atoms with Crippen molar-refractivity contribution in [2.45, 2.75) is 124 Å². The fraction of sp³-hybridized carbons (Fsp3) is 0.410. The molecule has 3 aromatic carbocycles. The molecule has 1 aromatic heterocycles. The molecular formula is C39H45N3O2S2. The number of carbonyl (C=O) groups is 1. The van der Waals surface area contributed by atoms with Crippen molar-refractivity contribution >= 4 is 41.0 Å². The highest BCUT2D eigenvalue weighted by Gasteiger charge is 2.31. The van der Waals surface area contributed by atoms with Crippen molar-refractivity contribution in [1.29, 1.82) is 0 Å². The molecule has 240 valence electrons. The van der Waals surface area contributed by atoms with Crippen molar-refractivity contribution in [3.63, 3.8) is 0 Å². The highest BCUT2D eigenvalue weighted by atomic mass is 32.2. The van der Waals surface area contributed by atoms with E-state index < -0.39 is 11.7 Å². The zero-order valence-corrected chi connectivity index (χ0v) is 29.2. The maximum atomic E-state index is 13.8. The topological polar surface area (TPSA) is 56.0 Å². The van der Waals surface area contributed by atoms with Crippen LogP contribution in [0.3, 0.4) is 0 Å². The zero-order chi connectivity index (χ0) is 32.1. The van der Waals surface area contributed by atoms with Gasteiger partial charge in [0, 0.05) is 9.79 Å². The molecule has 0 saturated heterocycles. The molecule has 0 unspecified atom stereocenters. The fourth-order valence-electron chi connectivity index (χ4n) is 6.03. The average Bonchev–Trinajstić information content (AvgIpc) is 3.34. The number of ether oxygens (including phenoxy) is 1. The van der Waals surface area contributed by atoms with E-state index in [1.54, 1.807) is 28.1 Å². The minimum absolute atomic E-state index is 0.452. The summed E-state index contributed by atoms with van der Waals surface area (Å²) in [4.78, 5) is 28.1. The Hall–Kier alpha value is -3.29. The summed E-state index contributed by atoms with van der Waals surface area (Å²) in [6, 6.07) is 23.3. The van der Waals surface area contributed by atoms with Gasteiger partial charge in [-0.25, -0.2) is 19.3 Å². The van der Waals surface area contributed by atoms with Gasteiger partial charge in [0.2, 0.25) is 0 Å². The van der Waals surface area contributed by atoms with Crippen LogP contribution in [0.1, 0.15) is 97.5 Å². The van der Waals surface area contributed by atoms with Gasteiger partial charge in [-0.1, -0.05) is 131 Å². The minimum Gasteiger partial charge on any atom is -0.443 e. The number of aryl methyl sites for hydroxylation is 1. The first-order valence-electron chi connectivity index (χ1n) is 16.9. The van der Waals surface area contributed by atoms with Crippen LogP contribution < -0.4 is 11.0 Å². The predicted molar refractivity (Wildman–Crippen MR) is 190 cm³/mol. The molecule has 5 nitrogen and oxygen atoms in total. The number of unbranched alkanes of at least 4 members (excludes halogenated alkanes) is 9. The van der Waals surface area contributed by atoms with E-state index in [4.69, 9.17) is 14.7 Å². The summed E-state index contributed by atoms with van der Waals surface area (Å²) in [5.41, 5.74) is 5.84. The second kappa shape index (κ2) is 14.6. The van der Waals surface area contributed by atoms with Crippen LogP contribution in [0, 0.1) is 0 Å². The predicted octanol–water partition coefficient (Wildman–Crippen LogP) is 11.2. The molecule has 0 fully saturated rings. The van der Waals surface area contributed by atoms with Crippen LogP contribution in [0.2, 0.25) is 0 Å². The van der Waals surface area contributed by atoms with Crippen LogP contribution in [0.4, 0.5) is 16.2 Å². The van der Waals surface area contributed by atoms with Gasteiger partial charge in [0.25, 0.3) is 0 Å². The Morgan fingerprint density at radius 3 is 1.87 bits per heavy atom. The Balaban J connectivity index is 1.26. The van der Waals surface area contributed by atoms with Gasteiger partial charge in [-0.2, -0.15) is 0 Å². The zero-order valence-electron chi connectivity index (χ0n) is 27.6. The molecule has 0 atom stereocenters. The van der Waals surface area contributed by atoms with Crippen LogP contribution in [0.25, 0.3) is 11.1 Å². The van der Waals surface area contributed by atoms with Crippen molar-refractivity contribution in [3.05, 3.63) is 83.3 Å². The van der Waals surface area contributed by atoms with Gasteiger partial charge in [-0.15, -0.1) is 0 Å². The van der Waals surface area contributed by atoms with Crippen LogP contribution >= 0.6 is 23.5 Å². The minimum atomic E-state index is -0.650. The van der Waals surface area contributed by atoms with Crippen molar-refractivity contribution in [2.75, 3.05) is 0 Å². The second-order valence-electron chi connectivity index (χ2n) is 13.3. The molecular weight excluding hydrogens is 607 g/mol. The number of benzene rings is 3. The number of aromatic nitrogens is 1. The number of nitrogens with zero attached hydrogens (tertiary/aromatic N) is 3. The van der Waals surface area contributed by atoms with E-state index >= 15 is 0 Å². The van der Waals surface area contributed by atoms with Gasteiger partial charge in [0.1, 0.15) is 5.60 Å². The maximum Gasteiger partial charge on any atom is 0.422 e. The van der Waals surface area contributed by atoms with Gasteiger partial charge in [0.05, 0.1) is 21.2 Å². The normalized spacial score (nSPS) is 13.1. The van der Waals surface area contributed by atoms with Crippen molar-refractivity contribution in [1.82, 2.24) is 4.57 Å². The van der Waals surface area contributed by atoms with E-state index in [2.05, 4.69) is 55.5 Å². The molecule has 46 heavy (non-hydrogen) atoms. The van der Waals surface area contributed by atoms with Gasteiger partial charge < -0.3 is 4.74 Å². The first-order valence-corrected chi connectivity index (χ1v) is 18.6. The quantitative estimate of drug-likeness (QED) is 0.124. The SMILES string of the molecule is CCCCCCCCCCCCc1ccc2c(c1)N=c1c(c3c(n1C(=O)OC(C)(C)C)=Nc1cc(-c4ccccc4)ccc1S3)S2. The summed E-state index contributed by atoms with van der Waals surface area (Å²) >= 11 is 3.33. The summed E-state index contributed by atoms with van der Waals surface area (Å²) in [7, 11) is 0. The average molecular weight is 652 g/mol. The number of hydrogen-bond donors (Lipinski definition) is 0. The summed E-state index contributed by atoms with van der Waals surface area (Å²) < 4.78 is 7.50. The Labute approximate surface area is 282 Å². The van der Waals surface area contributed by atoms with Crippen LogP contribution in [-0.2, 0) is 11.2 Å². The first kappa shape index (κ1) is 32.6. The number of carbonyl (C=O) groups excluding carboxylic acids is 1. The molecule has 7 heteroatoms. The number of rotatable bonds is 12. The number of hydrogen-bond acceptors (Lipinski definition) is 6. The molecule has 0 amide bonds. The number of fused-ring (bicyclic) bond motifs is 5. The lowest BCUT2D eigenvalue weighted by atomic mass is 10.0. The molecule has 4 aromatic rings. The second-order valence-corrected chi connectivity index (χ2v) is 15.4. The van der Waals surface area contributed by atoms with E-state index in [9.17, 15) is 4.79 Å². The van der Waals surface area contributed by atoms with Gasteiger partial charge >= 0.3 is 6.09 Å². The fourth-order valence-corrected chi connectivity index (χ4v) is 8.24. The van der Waals surface area contributed by atoms with Crippen molar-refractivity contribution < 1.29 is 9.53 Å². The van der Waals surface area contributed by atoms with E-state index in [1.807, 2.05) is 39.0 Å². The van der Waals surface area contributed by atoms with Gasteiger partial charge in [0.15, 0.2) is 11.0 Å². The molecule has 0 radical (unpaired) electrons. The summed E-state index contributed by atoms with van der Waals surface area (Å²) in [6.07, 6.45) is 13.9. The highest BCUT2D eigenvalue weighted by molar-refractivity contribution is 8.02. The summed E-state index contributed by atoms with van der Waals surface area (Å²) in [6.45, 7) is 7.95. The summed E-state index contributed by atoms with van der Waals surface area (Å²) in [5.74, 6) is 0. The van der Waals surface area contributed by atoms with E-state index in [1.165, 1.54) is 69.8 Å². The van der Waals surface area contributed by atoms with E-state index in [0.717, 1.165) is 48.5 Å². The molecule has 0 saturated carbocycles. The third-order valence-corrected chi connectivity index (χ3v) is 10.8. The van der Waals surface area contributed by atoms with Crippen LogP contribution in [-0.4, -0.2) is 16.3 Å². The molecule has 0 spiro atoms. The standard InChI is InChI=1S/C39H45N3O2S2/c1-5-6-7-8-9-10-11-12-13-15-18-27-21-23-32-30(25-27)40-36-34(45-32)35-37(42(36)38(43)44-39(2,3)4)41-31-26-29(22-24-33(31)46-35)28-19-16-14-17-20-28/h14,16-17,19-26H,5-13,15,18H2,1-4H3. The molecule has 6 rings (SSSR count). The molecule has 0 aliphatic carbocycles. The Morgan fingerprint density at radius 1 is 0.696 bits per heavy atom. The van der Waals surface area contributed by atoms with Crippen LogP contribution in [0.5, 0.6) is 0 Å². The molecule has 3 heterocycles. The van der Waals surface area contributed by atoms with Crippen molar-refractivity contribution in [2.24, 2.45) is 9.98 Å². The van der Waals surface area contributed by atoms with E-state index in [-0.39, 0.29) is 0 Å². The first-order chi connectivity index (χ1) is 22.3. The smallest absolute Gasteiger partial charge is 0.422 e. The lowest BCUT2D eigenvalue weighted by Crippen LogP contribution is -2.39. The highest BCUT2D eigenvalue weighted by Crippen LogP contribution is 2.46. The Bertz CT molecular complexity index is 1820. The molecule has 2 aliphatic rings. The molecule has 2 aliphatic heterocycles. The van der Waals surface area contributed by atoms with Gasteiger partial charge in [-0.3, -0.25) is 0 Å². The molecule has 0 bridgehead atoms. The lowest BCUT2D eigenvalue weighted by molar-refractivity contribution is 0.0523. The maximum absolute atomic E-state index is 13.8. The lowest BCUT2D eigenvalue weighted by Gasteiger charge is -2.20. The monoisotopic (exact) mass is 651 g/mol. The van der Waals surface area contributed by atoms with Crippen molar-refractivity contribution in [3.8, 4) is 11.1 Å². The van der Waals surface area contributed by atoms with Gasteiger partial charge in [-0.05, 0) is 74.6 Å². The van der Waals surface area contributed by atoms with Crippen LogP contribution in [0.15, 0.2) is 96.3 Å². The Kier molecular flexibility index (Phi) is 10.4. The molecule has 0 N–H and O–H groups in total. The summed E-state index contributed by atoms with van der Waals surface area (Å²) in [5, 5.41) is 0. The largest absolute Gasteiger partial charge is 0.443 e.